The molecule has 0 aromatic carbocycles. The summed E-state index contributed by atoms with van der Waals surface area (Å²) in [5, 5.41) is 6.45. The van der Waals surface area contributed by atoms with Crippen LogP contribution in [0.3, 0.4) is 0 Å². The van der Waals surface area contributed by atoms with Crippen molar-refractivity contribution in [3.63, 3.8) is 0 Å². The third-order valence-electron chi connectivity index (χ3n) is 3.61. The van der Waals surface area contributed by atoms with Crippen LogP contribution in [0.1, 0.15) is 40.6 Å². The van der Waals surface area contributed by atoms with E-state index in [1.54, 1.807) is 26.1 Å². The fourth-order valence-electron chi connectivity index (χ4n) is 2.26. The summed E-state index contributed by atoms with van der Waals surface area (Å²) in [5.41, 5.74) is 1.81. The van der Waals surface area contributed by atoms with Gasteiger partial charge in [0.15, 0.2) is 5.82 Å². The van der Waals surface area contributed by atoms with E-state index in [0.717, 1.165) is 5.56 Å². The third kappa shape index (κ3) is 3.63. The van der Waals surface area contributed by atoms with E-state index >= 15 is 0 Å². The average molecular weight is 339 g/mol. The van der Waals surface area contributed by atoms with E-state index in [-0.39, 0.29) is 11.5 Å². The molecule has 0 aliphatic heterocycles. The number of carbonyl (C=O) groups is 1. The van der Waals surface area contributed by atoms with E-state index in [4.69, 9.17) is 4.52 Å². The number of aryl methyl sites for hydroxylation is 2. The van der Waals surface area contributed by atoms with Gasteiger partial charge in [-0.2, -0.15) is 4.98 Å². The highest BCUT2D eigenvalue weighted by atomic mass is 16.5. The van der Waals surface area contributed by atoms with E-state index in [0.29, 0.717) is 28.5 Å². The molecule has 0 unspecified atom stereocenters. The SMILES string of the molecule is Cc1ccc(-c2cc(C(=O)N[C@H](C)c3nc(C)no3)c[nH]c2=O)nc1. The Hall–Kier alpha value is -3.29. The molecule has 0 saturated heterocycles. The van der Waals surface area contributed by atoms with Crippen molar-refractivity contribution in [2.45, 2.75) is 26.8 Å². The molecular formula is C17H17N5O3. The fourth-order valence-corrected chi connectivity index (χ4v) is 2.26. The lowest BCUT2D eigenvalue weighted by molar-refractivity contribution is 0.0932. The summed E-state index contributed by atoms with van der Waals surface area (Å²) >= 11 is 0. The molecule has 1 amide bonds. The quantitative estimate of drug-likeness (QED) is 0.751. The minimum Gasteiger partial charge on any atom is -0.340 e. The molecule has 0 aliphatic carbocycles. The van der Waals surface area contributed by atoms with Crippen molar-refractivity contribution in [1.29, 1.82) is 0 Å². The van der Waals surface area contributed by atoms with E-state index in [1.165, 1.54) is 12.3 Å². The normalized spacial score (nSPS) is 12.0. The molecule has 3 aromatic rings. The number of amides is 1. The predicted octanol–water partition coefficient (Wildman–Crippen LogP) is 1.93. The van der Waals surface area contributed by atoms with Crippen LogP contribution in [0, 0.1) is 13.8 Å². The molecule has 128 valence electrons. The van der Waals surface area contributed by atoms with Crippen LogP contribution in [-0.2, 0) is 0 Å². The third-order valence-corrected chi connectivity index (χ3v) is 3.61. The number of nitrogens with one attached hydrogen (secondary N) is 2. The smallest absolute Gasteiger partial charge is 0.257 e. The molecule has 1 atom stereocenters. The van der Waals surface area contributed by atoms with Gasteiger partial charge in [0.05, 0.1) is 16.8 Å². The maximum Gasteiger partial charge on any atom is 0.257 e. The monoisotopic (exact) mass is 339 g/mol. The van der Waals surface area contributed by atoms with E-state index < -0.39 is 6.04 Å². The standard InChI is InChI=1S/C17H17N5O3/c1-9-4-5-14(18-7-9)13-6-12(8-19-16(13)24)15(23)20-10(2)17-21-11(3)22-25-17/h4-8,10H,1-3H3,(H,19,24)(H,20,23)/t10-/m1/s1. The zero-order valence-electron chi connectivity index (χ0n) is 14.0. The zero-order valence-corrected chi connectivity index (χ0v) is 14.0. The maximum absolute atomic E-state index is 12.4. The topological polar surface area (TPSA) is 114 Å². The lowest BCUT2D eigenvalue weighted by Gasteiger charge is -2.10. The molecule has 0 aliphatic rings. The fraction of sp³-hybridized carbons (Fsp3) is 0.235. The summed E-state index contributed by atoms with van der Waals surface area (Å²) in [6, 6.07) is 4.65. The highest BCUT2D eigenvalue weighted by molar-refractivity contribution is 5.95. The number of nitrogens with zero attached hydrogens (tertiary/aromatic N) is 3. The van der Waals surface area contributed by atoms with Crippen molar-refractivity contribution in [1.82, 2.24) is 25.4 Å². The molecule has 25 heavy (non-hydrogen) atoms. The summed E-state index contributed by atoms with van der Waals surface area (Å²) in [5.74, 6) is 0.441. The van der Waals surface area contributed by atoms with Gasteiger partial charge < -0.3 is 14.8 Å². The van der Waals surface area contributed by atoms with Gasteiger partial charge in [0.1, 0.15) is 6.04 Å². The van der Waals surface area contributed by atoms with Crippen molar-refractivity contribution in [2.24, 2.45) is 0 Å². The molecule has 8 nitrogen and oxygen atoms in total. The molecule has 0 spiro atoms. The van der Waals surface area contributed by atoms with Gasteiger partial charge in [-0.15, -0.1) is 0 Å². The van der Waals surface area contributed by atoms with Gasteiger partial charge in [-0.05, 0) is 38.5 Å². The summed E-state index contributed by atoms with van der Waals surface area (Å²) in [4.78, 5) is 35.4. The molecule has 8 heteroatoms. The van der Waals surface area contributed by atoms with Crippen molar-refractivity contribution >= 4 is 5.91 Å². The zero-order chi connectivity index (χ0) is 18.0. The molecule has 0 saturated carbocycles. The summed E-state index contributed by atoms with van der Waals surface area (Å²) in [6.07, 6.45) is 3.03. The van der Waals surface area contributed by atoms with Crippen molar-refractivity contribution in [2.75, 3.05) is 0 Å². The van der Waals surface area contributed by atoms with Gasteiger partial charge in [-0.25, -0.2) is 0 Å². The van der Waals surface area contributed by atoms with Gasteiger partial charge in [-0.3, -0.25) is 14.6 Å². The van der Waals surface area contributed by atoms with Gasteiger partial charge in [0, 0.05) is 12.4 Å². The number of H-pyrrole nitrogens is 1. The Bertz CT molecular complexity index is 959. The Labute approximate surface area is 143 Å². The highest BCUT2D eigenvalue weighted by Crippen LogP contribution is 2.15. The molecular weight excluding hydrogens is 322 g/mol. The van der Waals surface area contributed by atoms with E-state index in [1.807, 2.05) is 13.0 Å². The Morgan fingerprint density at radius 2 is 2.12 bits per heavy atom. The van der Waals surface area contributed by atoms with Crippen LogP contribution in [-0.4, -0.2) is 26.0 Å². The predicted molar refractivity (Wildman–Crippen MR) is 89.9 cm³/mol. The molecule has 3 rings (SSSR count). The number of aromatic amines is 1. The molecule has 0 radical (unpaired) electrons. The number of rotatable bonds is 4. The van der Waals surface area contributed by atoms with Crippen LogP contribution in [0.4, 0.5) is 0 Å². The summed E-state index contributed by atoms with van der Waals surface area (Å²) < 4.78 is 5.04. The summed E-state index contributed by atoms with van der Waals surface area (Å²) in [7, 11) is 0. The van der Waals surface area contributed by atoms with Crippen LogP contribution in [0.5, 0.6) is 0 Å². The van der Waals surface area contributed by atoms with Crippen molar-refractivity contribution < 1.29 is 9.32 Å². The average Bonchev–Trinajstić information content (AvgIpc) is 3.03. The Balaban J connectivity index is 1.85. The van der Waals surface area contributed by atoms with Gasteiger partial charge in [-0.1, -0.05) is 11.2 Å². The van der Waals surface area contributed by atoms with E-state index in [9.17, 15) is 9.59 Å². The minimum atomic E-state index is -0.457. The number of hydrogen-bond donors (Lipinski definition) is 2. The second-order valence-electron chi connectivity index (χ2n) is 5.73. The van der Waals surface area contributed by atoms with Gasteiger partial charge >= 0.3 is 0 Å². The minimum absolute atomic E-state index is 0.306. The lowest BCUT2D eigenvalue weighted by Crippen LogP contribution is -2.27. The van der Waals surface area contributed by atoms with Crippen LogP contribution in [0.25, 0.3) is 11.3 Å². The van der Waals surface area contributed by atoms with Crippen LogP contribution in [0.2, 0.25) is 0 Å². The largest absolute Gasteiger partial charge is 0.340 e. The second kappa shape index (κ2) is 6.68. The first-order valence-electron chi connectivity index (χ1n) is 7.71. The first-order chi connectivity index (χ1) is 11.9. The van der Waals surface area contributed by atoms with Crippen LogP contribution < -0.4 is 10.9 Å². The number of carbonyl (C=O) groups excluding carboxylic acids is 1. The Kier molecular flexibility index (Phi) is 4.42. The molecule has 0 fully saturated rings. The Morgan fingerprint density at radius 1 is 1.32 bits per heavy atom. The van der Waals surface area contributed by atoms with E-state index in [2.05, 4.69) is 25.4 Å². The van der Waals surface area contributed by atoms with Crippen LogP contribution >= 0.6 is 0 Å². The van der Waals surface area contributed by atoms with Gasteiger partial charge in [0.2, 0.25) is 5.89 Å². The number of pyridine rings is 2. The highest BCUT2D eigenvalue weighted by Gasteiger charge is 2.18. The van der Waals surface area contributed by atoms with Crippen molar-refractivity contribution in [3.8, 4) is 11.3 Å². The molecule has 3 heterocycles. The van der Waals surface area contributed by atoms with Gasteiger partial charge in [0.25, 0.3) is 11.5 Å². The molecule has 0 bridgehead atoms. The second-order valence-corrected chi connectivity index (χ2v) is 5.73. The first kappa shape index (κ1) is 16.6. The first-order valence-corrected chi connectivity index (χ1v) is 7.71. The lowest BCUT2D eigenvalue weighted by atomic mass is 10.1. The Morgan fingerprint density at radius 3 is 2.76 bits per heavy atom. The van der Waals surface area contributed by atoms with Crippen molar-refractivity contribution in [3.05, 3.63) is 63.8 Å². The number of aromatic nitrogens is 4. The number of hydrogen-bond acceptors (Lipinski definition) is 6. The maximum atomic E-state index is 12.4. The molecule has 3 aromatic heterocycles. The summed E-state index contributed by atoms with van der Waals surface area (Å²) in [6.45, 7) is 5.34. The van der Waals surface area contributed by atoms with Crippen LogP contribution in [0.15, 0.2) is 39.9 Å². The molecule has 2 N–H and O–H groups in total.